The average Bonchev–Trinajstić information content (AvgIpc) is 2.95. The molecule has 0 aliphatic carbocycles. The van der Waals surface area contributed by atoms with Crippen LogP contribution in [0.15, 0.2) is 29.8 Å². The van der Waals surface area contributed by atoms with Crippen LogP contribution < -0.4 is 0 Å². The molecular formula is C14H11F3N2OS. The molecule has 0 radical (unpaired) electrons. The molecule has 3 nitrogen and oxygen atoms in total. The number of fused-ring (bicyclic) bond motifs is 1. The maximum Gasteiger partial charge on any atom is 0.434 e. The summed E-state index contributed by atoms with van der Waals surface area (Å²) in [6.45, 7) is 0.759. The predicted molar refractivity (Wildman–Crippen MR) is 72.0 cm³/mol. The quantitative estimate of drug-likeness (QED) is 0.809. The lowest BCUT2D eigenvalue weighted by molar-refractivity contribution is -0.141. The number of aromatic nitrogens is 1. The van der Waals surface area contributed by atoms with E-state index in [0.29, 0.717) is 19.5 Å². The number of thiazole rings is 1. The molecule has 0 bridgehead atoms. The lowest BCUT2D eigenvalue weighted by atomic mass is 10.00. The van der Waals surface area contributed by atoms with Gasteiger partial charge in [0.1, 0.15) is 4.88 Å². The average molecular weight is 312 g/mol. The highest BCUT2D eigenvalue weighted by Gasteiger charge is 2.39. The summed E-state index contributed by atoms with van der Waals surface area (Å²) >= 11 is 0.737. The van der Waals surface area contributed by atoms with Crippen LogP contribution in [0.1, 0.15) is 26.5 Å². The summed E-state index contributed by atoms with van der Waals surface area (Å²) in [4.78, 5) is 16.7. The Morgan fingerprint density at radius 2 is 1.95 bits per heavy atom. The lowest BCUT2D eigenvalue weighted by Crippen LogP contribution is -2.36. The Labute approximate surface area is 123 Å². The molecule has 3 rings (SSSR count). The smallest absolute Gasteiger partial charge is 0.333 e. The molecule has 2 aromatic rings. The zero-order valence-corrected chi connectivity index (χ0v) is 11.7. The van der Waals surface area contributed by atoms with Gasteiger partial charge in [-0.1, -0.05) is 24.3 Å². The van der Waals surface area contributed by atoms with Crippen LogP contribution in [-0.2, 0) is 19.1 Å². The summed E-state index contributed by atoms with van der Waals surface area (Å²) in [6, 6.07) is 7.65. The number of hydrogen-bond acceptors (Lipinski definition) is 3. The molecule has 0 unspecified atom stereocenters. The standard InChI is InChI=1S/C14H11F3N2OS/c15-14(16,17)12-11(21-8-18-12)13(20)19-6-5-9-3-1-2-4-10(9)7-19/h1-4,8H,5-7H2. The molecular weight excluding hydrogens is 301 g/mol. The minimum Gasteiger partial charge on any atom is -0.333 e. The molecule has 0 saturated carbocycles. The maximum absolute atomic E-state index is 12.8. The van der Waals surface area contributed by atoms with Gasteiger partial charge in [-0.2, -0.15) is 13.2 Å². The van der Waals surface area contributed by atoms with Crippen molar-refractivity contribution in [1.82, 2.24) is 9.88 Å². The first-order valence-electron chi connectivity index (χ1n) is 6.33. The molecule has 0 fully saturated rings. The molecule has 21 heavy (non-hydrogen) atoms. The Morgan fingerprint density at radius 1 is 1.24 bits per heavy atom. The van der Waals surface area contributed by atoms with Gasteiger partial charge in [-0.15, -0.1) is 11.3 Å². The number of benzene rings is 1. The lowest BCUT2D eigenvalue weighted by Gasteiger charge is -2.28. The first kappa shape index (κ1) is 14.1. The van der Waals surface area contributed by atoms with Gasteiger partial charge in [-0.25, -0.2) is 4.98 Å². The normalized spacial score (nSPS) is 14.9. The van der Waals surface area contributed by atoms with Crippen molar-refractivity contribution in [2.24, 2.45) is 0 Å². The number of hydrogen-bond donors (Lipinski definition) is 0. The van der Waals surface area contributed by atoms with Crippen LogP contribution in [0.25, 0.3) is 0 Å². The molecule has 110 valence electrons. The van der Waals surface area contributed by atoms with Crippen molar-refractivity contribution in [1.29, 1.82) is 0 Å². The molecule has 1 aromatic heterocycles. The fraction of sp³-hybridized carbons (Fsp3) is 0.286. The van der Waals surface area contributed by atoms with Crippen molar-refractivity contribution in [3.05, 3.63) is 51.5 Å². The fourth-order valence-corrected chi connectivity index (χ4v) is 3.19. The van der Waals surface area contributed by atoms with Gasteiger partial charge in [0.15, 0.2) is 5.69 Å². The molecule has 7 heteroatoms. The van der Waals surface area contributed by atoms with Crippen molar-refractivity contribution in [2.45, 2.75) is 19.1 Å². The number of halogens is 3. The third-order valence-electron chi connectivity index (χ3n) is 3.45. The summed E-state index contributed by atoms with van der Waals surface area (Å²) in [5.41, 5.74) is 2.10. The van der Waals surface area contributed by atoms with Gasteiger partial charge in [0.25, 0.3) is 5.91 Å². The second kappa shape index (κ2) is 5.14. The third kappa shape index (κ3) is 2.65. The Morgan fingerprint density at radius 3 is 2.67 bits per heavy atom. The summed E-state index contributed by atoms with van der Waals surface area (Å²) in [7, 11) is 0. The minimum atomic E-state index is -4.60. The van der Waals surface area contributed by atoms with Crippen molar-refractivity contribution in [3.8, 4) is 0 Å². The van der Waals surface area contributed by atoms with E-state index in [-0.39, 0.29) is 4.88 Å². The van der Waals surface area contributed by atoms with Crippen LogP contribution in [-0.4, -0.2) is 22.3 Å². The van der Waals surface area contributed by atoms with Crippen LogP contribution >= 0.6 is 11.3 Å². The second-order valence-electron chi connectivity index (χ2n) is 4.77. The number of carbonyl (C=O) groups excluding carboxylic acids is 1. The second-order valence-corrected chi connectivity index (χ2v) is 5.63. The van der Waals surface area contributed by atoms with E-state index >= 15 is 0 Å². The third-order valence-corrected chi connectivity index (χ3v) is 4.26. The van der Waals surface area contributed by atoms with E-state index in [9.17, 15) is 18.0 Å². The molecule has 1 aliphatic rings. The summed E-state index contributed by atoms with van der Waals surface area (Å²) in [5.74, 6) is -0.598. The Hall–Kier alpha value is -1.89. The van der Waals surface area contributed by atoms with Gasteiger partial charge in [-0.3, -0.25) is 4.79 Å². The number of rotatable bonds is 1. The first-order chi connectivity index (χ1) is 9.97. The van der Waals surface area contributed by atoms with E-state index in [0.717, 1.165) is 28.0 Å². The zero-order chi connectivity index (χ0) is 15.0. The largest absolute Gasteiger partial charge is 0.434 e. The summed E-state index contributed by atoms with van der Waals surface area (Å²) in [5, 5.41) is 0. The first-order valence-corrected chi connectivity index (χ1v) is 7.21. The van der Waals surface area contributed by atoms with Crippen molar-refractivity contribution in [2.75, 3.05) is 6.54 Å². The fourth-order valence-electron chi connectivity index (χ4n) is 2.41. The Balaban J connectivity index is 1.86. The van der Waals surface area contributed by atoms with Crippen LogP contribution in [0.3, 0.4) is 0 Å². The van der Waals surface area contributed by atoms with Crippen molar-refractivity contribution in [3.63, 3.8) is 0 Å². The van der Waals surface area contributed by atoms with Crippen molar-refractivity contribution < 1.29 is 18.0 Å². The molecule has 2 heterocycles. The topological polar surface area (TPSA) is 33.2 Å². The van der Waals surface area contributed by atoms with Crippen molar-refractivity contribution >= 4 is 17.2 Å². The van der Waals surface area contributed by atoms with E-state index < -0.39 is 17.8 Å². The van der Waals surface area contributed by atoms with Gasteiger partial charge in [0.2, 0.25) is 0 Å². The summed E-state index contributed by atoms with van der Waals surface area (Å²) in [6.07, 6.45) is -3.94. The molecule has 0 N–H and O–H groups in total. The van der Waals surface area contributed by atoms with Crippen LogP contribution in [0.5, 0.6) is 0 Å². The monoisotopic (exact) mass is 312 g/mol. The van der Waals surface area contributed by atoms with Crippen LogP contribution in [0, 0.1) is 0 Å². The number of alkyl halides is 3. The highest BCUT2D eigenvalue weighted by atomic mass is 32.1. The van der Waals surface area contributed by atoms with E-state index in [2.05, 4.69) is 4.98 Å². The number of amides is 1. The SMILES string of the molecule is O=C(c1scnc1C(F)(F)F)N1CCc2ccccc2C1. The summed E-state index contributed by atoms with van der Waals surface area (Å²) < 4.78 is 38.5. The molecule has 1 aliphatic heterocycles. The maximum atomic E-state index is 12.8. The zero-order valence-electron chi connectivity index (χ0n) is 10.9. The van der Waals surface area contributed by atoms with Gasteiger partial charge in [-0.05, 0) is 17.5 Å². The molecule has 0 spiro atoms. The van der Waals surface area contributed by atoms with Gasteiger partial charge < -0.3 is 4.90 Å². The number of carbonyl (C=O) groups is 1. The Kier molecular flexibility index (Phi) is 3.44. The highest BCUT2D eigenvalue weighted by molar-refractivity contribution is 7.11. The van der Waals surface area contributed by atoms with E-state index in [4.69, 9.17) is 0 Å². The minimum absolute atomic E-state index is 0.332. The van der Waals surface area contributed by atoms with E-state index in [1.54, 1.807) is 0 Å². The highest BCUT2D eigenvalue weighted by Crippen LogP contribution is 2.34. The van der Waals surface area contributed by atoms with E-state index in [1.165, 1.54) is 4.90 Å². The molecule has 1 aromatic carbocycles. The van der Waals surface area contributed by atoms with Gasteiger partial charge in [0, 0.05) is 13.1 Å². The molecule has 0 atom stereocenters. The van der Waals surface area contributed by atoms with Gasteiger partial charge >= 0.3 is 6.18 Å². The molecule has 1 amide bonds. The number of nitrogens with zero attached hydrogens (tertiary/aromatic N) is 2. The van der Waals surface area contributed by atoms with Crippen LogP contribution in [0.2, 0.25) is 0 Å². The van der Waals surface area contributed by atoms with Crippen LogP contribution in [0.4, 0.5) is 13.2 Å². The Bertz CT molecular complexity index is 681. The predicted octanol–water partition coefficient (Wildman–Crippen LogP) is 3.36. The van der Waals surface area contributed by atoms with Gasteiger partial charge in [0.05, 0.1) is 5.51 Å². The molecule has 0 saturated heterocycles. The van der Waals surface area contributed by atoms with E-state index in [1.807, 2.05) is 24.3 Å².